The number of amides is 1. The second kappa shape index (κ2) is 7.95. The molecular weight excluding hydrogens is 290 g/mol. The summed E-state index contributed by atoms with van der Waals surface area (Å²) in [5, 5.41) is 13.8. The number of carbonyl (C=O) groups excluding carboxylic acids is 1. The van der Waals surface area contributed by atoms with Crippen molar-refractivity contribution in [2.45, 2.75) is 71.1 Å². The number of β-amino-alcohol motifs (C(OH)–C–C–N with tert-alkyl or cyclic N) is 1. The summed E-state index contributed by atoms with van der Waals surface area (Å²) in [5.74, 6) is 0.876. The molecule has 1 amide bonds. The van der Waals surface area contributed by atoms with Crippen molar-refractivity contribution in [1.29, 1.82) is 0 Å². The first kappa shape index (κ1) is 18.7. The highest BCUT2D eigenvalue weighted by molar-refractivity contribution is 5.81. The molecule has 0 bridgehead atoms. The van der Waals surface area contributed by atoms with Crippen LogP contribution < -0.4 is 5.32 Å². The molecule has 0 radical (unpaired) electrons. The number of nitrogens with one attached hydrogen (secondary N) is 1. The Morgan fingerprint density at radius 1 is 1.17 bits per heavy atom. The topological polar surface area (TPSA) is 55.8 Å². The molecule has 0 aromatic rings. The van der Waals surface area contributed by atoms with E-state index < -0.39 is 5.60 Å². The van der Waals surface area contributed by atoms with E-state index in [0.29, 0.717) is 0 Å². The van der Waals surface area contributed by atoms with Crippen molar-refractivity contribution in [1.82, 2.24) is 15.1 Å². The van der Waals surface area contributed by atoms with Gasteiger partial charge in [0, 0.05) is 38.8 Å². The smallest absolute Gasteiger partial charge is 0.237 e. The molecule has 1 aliphatic carbocycles. The van der Waals surface area contributed by atoms with Crippen LogP contribution in [0.1, 0.15) is 53.4 Å². The van der Waals surface area contributed by atoms with Crippen molar-refractivity contribution in [3.05, 3.63) is 0 Å². The van der Waals surface area contributed by atoms with Crippen molar-refractivity contribution in [3.8, 4) is 0 Å². The van der Waals surface area contributed by atoms with Gasteiger partial charge >= 0.3 is 0 Å². The molecule has 0 aromatic heterocycles. The zero-order chi connectivity index (χ0) is 17.0. The lowest BCUT2D eigenvalue weighted by Crippen LogP contribution is -2.57. The van der Waals surface area contributed by atoms with Crippen LogP contribution in [0.3, 0.4) is 0 Å². The van der Waals surface area contributed by atoms with E-state index >= 15 is 0 Å². The fraction of sp³-hybridized carbons (Fsp3) is 0.944. The Morgan fingerprint density at radius 2 is 1.74 bits per heavy atom. The lowest BCUT2D eigenvalue weighted by molar-refractivity contribution is -0.127. The summed E-state index contributed by atoms with van der Waals surface area (Å²) in [6, 6.07) is 0.118. The molecule has 1 saturated carbocycles. The van der Waals surface area contributed by atoms with Crippen LogP contribution in [-0.4, -0.2) is 71.2 Å². The highest BCUT2D eigenvalue weighted by atomic mass is 16.3. The van der Waals surface area contributed by atoms with E-state index in [-0.39, 0.29) is 18.0 Å². The van der Waals surface area contributed by atoms with E-state index in [1.165, 1.54) is 0 Å². The lowest BCUT2D eigenvalue weighted by Gasteiger charge is -2.43. The number of nitrogens with zero attached hydrogens (tertiary/aromatic N) is 2. The monoisotopic (exact) mass is 325 g/mol. The van der Waals surface area contributed by atoms with E-state index in [2.05, 4.69) is 22.0 Å². The summed E-state index contributed by atoms with van der Waals surface area (Å²) in [6.07, 6.45) is 4.15. The molecule has 1 aliphatic heterocycles. The first-order valence-corrected chi connectivity index (χ1v) is 9.28. The van der Waals surface area contributed by atoms with Gasteiger partial charge in [0.15, 0.2) is 0 Å². The summed E-state index contributed by atoms with van der Waals surface area (Å²) in [5.41, 5.74) is -0.491. The molecule has 0 spiro atoms. The van der Waals surface area contributed by atoms with Gasteiger partial charge in [0.2, 0.25) is 5.91 Å². The van der Waals surface area contributed by atoms with E-state index in [4.69, 9.17) is 0 Å². The predicted octanol–water partition coefficient (Wildman–Crippen LogP) is 1.46. The average molecular weight is 325 g/mol. The van der Waals surface area contributed by atoms with Crippen LogP contribution in [-0.2, 0) is 4.79 Å². The summed E-state index contributed by atoms with van der Waals surface area (Å²) >= 11 is 0. The Morgan fingerprint density at radius 3 is 2.26 bits per heavy atom. The van der Waals surface area contributed by atoms with Crippen LogP contribution in [0.5, 0.6) is 0 Å². The Bertz CT molecular complexity index is 384. The van der Waals surface area contributed by atoms with Crippen LogP contribution >= 0.6 is 0 Å². The van der Waals surface area contributed by atoms with Crippen LogP contribution in [0.2, 0.25) is 0 Å². The molecule has 134 valence electrons. The second-order valence-corrected chi connectivity index (χ2v) is 8.06. The van der Waals surface area contributed by atoms with Crippen LogP contribution in [0.25, 0.3) is 0 Å². The van der Waals surface area contributed by atoms with Gasteiger partial charge in [0.25, 0.3) is 0 Å². The first-order chi connectivity index (χ1) is 10.8. The maximum atomic E-state index is 12.1. The summed E-state index contributed by atoms with van der Waals surface area (Å²) in [7, 11) is 0. The van der Waals surface area contributed by atoms with Crippen molar-refractivity contribution >= 4 is 5.91 Å². The summed E-state index contributed by atoms with van der Waals surface area (Å²) in [6.45, 7) is 12.7. The standard InChI is InChI=1S/C18H35N3O2/c1-14(2)19-17(22)16(4)21-11-9-20(10-12-21)13-18(23)7-5-15(3)6-8-18/h14-16,23H,5-13H2,1-4H3,(H,19,22)/t15?,16-,18?/m1/s1. The zero-order valence-corrected chi connectivity index (χ0v) is 15.3. The third-order valence-electron chi connectivity index (χ3n) is 5.49. The van der Waals surface area contributed by atoms with Gasteiger partial charge in [-0.15, -0.1) is 0 Å². The van der Waals surface area contributed by atoms with Crippen molar-refractivity contribution in [2.24, 2.45) is 5.92 Å². The number of piperazine rings is 1. The molecule has 5 heteroatoms. The fourth-order valence-corrected chi connectivity index (χ4v) is 3.75. The average Bonchev–Trinajstić information content (AvgIpc) is 2.50. The normalized spacial score (nSPS) is 32.0. The Balaban J connectivity index is 1.76. The number of carbonyl (C=O) groups is 1. The van der Waals surface area contributed by atoms with Crippen molar-refractivity contribution in [3.63, 3.8) is 0 Å². The SMILES string of the molecule is CC1CCC(O)(CN2CCN([C@H](C)C(=O)NC(C)C)CC2)CC1. The number of rotatable bonds is 5. The minimum absolute atomic E-state index is 0.0711. The minimum atomic E-state index is -0.491. The molecule has 1 heterocycles. The van der Waals surface area contributed by atoms with Crippen molar-refractivity contribution in [2.75, 3.05) is 32.7 Å². The van der Waals surface area contributed by atoms with Gasteiger partial charge in [-0.25, -0.2) is 0 Å². The highest BCUT2D eigenvalue weighted by Gasteiger charge is 2.35. The maximum absolute atomic E-state index is 12.1. The third-order valence-corrected chi connectivity index (χ3v) is 5.49. The van der Waals surface area contributed by atoms with Crippen LogP contribution in [0, 0.1) is 5.92 Å². The van der Waals surface area contributed by atoms with E-state index in [1.54, 1.807) is 0 Å². The van der Waals surface area contributed by atoms with E-state index in [0.717, 1.165) is 64.3 Å². The molecular formula is C18H35N3O2. The fourth-order valence-electron chi connectivity index (χ4n) is 3.75. The molecule has 5 nitrogen and oxygen atoms in total. The molecule has 1 saturated heterocycles. The first-order valence-electron chi connectivity index (χ1n) is 9.28. The maximum Gasteiger partial charge on any atom is 0.237 e. The molecule has 23 heavy (non-hydrogen) atoms. The summed E-state index contributed by atoms with van der Waals surface area (Å²) in [4.78, 5) is 16.8. The lowest BCUT2D eigenvalue weighted by atomic mass is 9.79. The van der Waals surface area contributed by atoms with Crippen LogP contribution in [0.4, 0.5) is 0 Å². The zero-order valence-electron chi connectivity index (χ0n) is 15.3. The van der Waals surface area contributed by atoms with Gasteiger partial charge in [0.1, 0.15) is 0 Å². The molecule has 2 aliphatic rings. The molecule has 2 rings (SSSR count). The minimum Gasteiger partial charge on any atom is -0.389 e. The van der Waals surface area contributed by atoms with Gasteiger partial charge in [0.05, 0.1) is 11.6 Å². The van der Waals surface area contributed by atoms with E-state index in [1.807, 2.05) is 20.8 Å². The van der Waals surface area contributed by atoms with Gasteiger partial charge in [-0.2, -0.15) is 0 Å². The van der Waals surface area contributed by atoms with Gasteiger partial charge in [-0.05, 0) is 52.4 Å². The molecule has 2 N–H and O–H groups in total. The molecule has 0 unspecified atom stereocenters. The van der Waals surface area contributed by atoms with Crippen molar-refractivity contribution < 1.29 is 9.90 Å². The number of hydrogen-bond donors (Lipinski definition) is 2. The highest BCUT2D eigenvalue weighted by Crippen LogP contribution is 2.32. The van der Waals surface area contributed by atoms with Gasteiger partial charge < -0.3 is 10.4 Å². The largest absolute Gasteiger partial charge is 0.389 e. The Hall–Kier alpha value is -0.650. The van der Waals surface area contributed by atoms with Gasteiger partial charge in [-0.1, -0.05) is 6.92 Å². The molecule has 0 aromatic carbocycles. The Labute approximate surface area is 141 Å². The van der Waals surface area contributed by atoms with Gasteiger partial charge in [-0.3, -0.25) is 14.6 Å². The van der Waals surface area contributed by atoms with E-state index in [9.17, 15) is 9.90 Å². The molecule has 1 atom stereocenters. The number of hydrogen-bond acceptors (Lipinski definition) is 4. The Kier molecular flexibility index (Phi) is 6.46. The molecule has 2 fully saturated rings. The second-order valence-electron chi connectivity index (χ2n) is 8.06. The van der Waals surface area contributed by atoms with Crippen LogP contribution in [0.15, 0.2) is 0 Å². The predicted molar refractivity (Wildman–Crippen MR) is 93.3 cm³/mol. The summed E-state index contributed by atoms with van der Waals surface area (Å²) < 4.78 is 0. The third kappa shape index (κ3) is 5.44. The number of aliphatic hydroxyl groups is 1. The quantitative estimate of drug-likeness (QED) is 0.803.